The van der Waals surface area contributed by atoms with Gasteiger partial charge in [-0.1, -0.05) is 12.1 Å². The van der Waals surface area contributed by atoms with Crippen molar-refractivity contribution in [3.05, 3.63) is 40.6 Å². The summed E-state index contributed by atoms with van der Waals surface area (Å²) in [5, 5.41) is 10.6. The van der Waals surface area contributed by atoms with Crippen LogP contribution in [0.5, 0.6) is 0 Å². The number of hydrogen-bond acceptors (Lipinski definition) is 6. The SMILES string of the molecule is O=C([O-])[C@H]1CCCCN1C(=O)CN1C(=O)S/C(=C\c2ccc(F)cc2)C1=O. The number of carbonyl (C=O) groups excluding carboxylic acids is 4. The molecule has 0 bridgehead atoms. The highest BCUT2D eigenvalue weighted by Gasteiger charge is 2.38. The van der Waals surface area contributed by atoms with Gasteiger partial charge in [0.25, 0.3) is 11.1 Å². The van der Waals surface area contributed by atoms with Crippen LogP contribution in [0.2, 0.25) is 0 Å². The number of hydrogen-bond donors (Lipinski definition) is 0. The van der Waals surface area contributed by atoms with E-state index in [1.165, 1.54) is 30.3 Å². The molecule has 0 aromatic heterocycles. The summed E-state index contributed by atoms with van der Waals surface area (Å²) in [6, 6.07) is 4.35. The highest BCUT2D eigenvalue weighted by Crippen LogP contribution is 2.32. The van der Waals surface area contributed by atoms with Crippen LogP contribution in [0.3, 0.4) is 0 Å². The minimum Gasteiger partial charge on any atom is -0.548 e. The molecule has 2 fully saturated rings. The van der Waals surface area contributed by atoms with E-state index < -0.39 is 41.4 Å². The maximum absolute atomic E-state index is 13.0. The number of carbonyl (C=O) groups is 4. The normalized spacial score (nSPS) is 21.8. The monoisotopic (exact) mass is 391 g/mol. The fourth-order valence-corrected chi connectivity index (χ4v) is 3.89. The van der Waals surface area contributed by atoms with Gasteiger partial charge in [0, 0.05) is 6.54 Å². The predicted molar refractivity (Wildman–Crippen MR) is 93.4 cm³/mol. The molecule has 2 aliphatic rings. The maximum atomic E-state index is 13.0. The van der Waals surface area contributed by atoms with Crippen molar-refractivity contribution in [1.82, 2.24) is 9.80 Å². The van der Waals surface area contributed by atoms with Crippen LogP contribution in [0.4, 0.5) is 9.18 Å². The summed E-state index contributed by atoms with van der Waals surface area (Å²) in [6.07, 6.45) is 3.06. The number of rotatable bonds is 4. The zero-order valence-corrected chi connectivity index (χ0v) is 15.0. The van der Waals surface area contributed by atoms with Crippen LogP contribution in [0.15, 0.2) is 29.2 Å². The number of carboxylic acid groups (broad SMARTS) is 1. The molecule has 0 aliphatic carbocycles. The average molecular weight is 391 g/mol. The Balaban J connectivity index is 1.72. The van der Waals surface area contributed by atoms with Gasteiger partial charge in [-0.2, -0.15) is 0 Å². The van der Waals surface area contributed by atoms with Crippen LogP contribution in [0, 0.1) is 5.82 Å². The molecule has 3 rings (SSSR count). The molecule has 1 aromatic carbocycles. The Hall–Kier alpha value is -2.68. The van der Waals surface area contributed by atoms with Crippen LogP contribution in [-0.2, 0) is 14.4 Å². The lowest BCUT2D eigenvalue weighted by Gasteiger charge is -2.36. The first-order valence-corrected chi connectivity index (χ1v) is 9.20. The zero-order valence-electron chi connectivity index (χ0n) is 14.2. The number of aliphatic carboxylic acids is 1. The van der Waals surface area contributed by atoms with Crippen molar-refractivity contribution < 1.29 is 28.7 Å². The van der Waals surface area contributed by atoms with Gasteiger partial charge in [0.15, 0.2) is 0 Å². The van der Waals surface area contributed by atoms with E-state index in [9.17, 15) is 28.7 Å². The number of thioether (sulfide) groups is 1. The van der Waals surface area contributed by atoms with Gasteiger partial charge in [-0.15, -0.1) is 0 Å². The van der Waals surface area contributed by atoms with E-state index in [0.717, 1.165) is 9.80 Å². The van der Waals surface area contributed by atoms with Crippen molar-refractivity contribution in [1.29, 1.82) is 0 Å². The summed E-state index contributed by atoms with van der Waals surface area (Å²) in [4.78, 5) is 50.4. The smallest absolute Gasteiger partial charge is 0.294 e. The summed E-state index contributed by atoms with van der Waals surface area (Å²) in [5.74, 6) is -3.00. The third-order valence-corrected chi connectivity index (χ3v) is 5.34. The lowest BCUT2D eigenvalue weighted by Crippen LogP contribution is -2.55. The van der Waals surface area contributed by atoms with Gasteiger partial charge >= 0.3 is 0 Å². The standard InChI is InChI=1S/C18H17FN2O5S/c19-12-6-4-11(5-7-12)9-14-16(23)21(18(26)27-14)10-15(22)20-8-2-1-3-13(20)17(24)25/h4-7,9,13H,1-3,8,10H2,(H,24,25)/p-1/b14-9-/t13-/m1/s1. The molecular weight excluding hydrogens is 375 g/mol. The van der Waals surface area contributed by atoms with Crippen LogP contribution < -0.4 is 5.11 Å². The van der Waals surface area contributed by atoms with Crippen molar-refractivity contribution in [3.63, 3.8) is 0 Å². The van der Waals surface area contributed by atoms with E-state index in [0.29, 0.717) is 36.6 Å². The lowest BCUT2D eigenvalue weighted by molar-refractivity contribution is -0.312. The van der Waals surface area contributed by atoms with E-state index in [1.54, 1.807) is 0 Å². The van der Waals surface area contributed by atoms with Crippen molar-refractivity contribution in [2.24, 2.45) is 0 Å². The molecule has 27 heavy (non-hydrogen) atoms. The first-order chi connectivity index (χ1) is 12.9. The quantitative estimate of drug-likeness (QED) is 0.710. The Morgan fingerprint density at radius 3 is 2.59 bits per heavy atom. The number of imide groups is 1. The number of nitrogens with zero attached hydrogens (tertiary/aromatic N) is 2. The third kappa shape index (κ3) is 4.19. The van der Waals surface area contributed by atoms with Crippen LogP contribution in [0.1, 0.15) is 24.8 Å². The molecule has 1 atom stereocenters. The molecule has 3 amide bonds. The molecule has 1 aromatic rings. The average Bonchev–Trinajstić information content (AvgIpc) is 2.91. The van der Waals surface area contributed by atoms with Gasteiger partial charge in [0.1, 0.15) is 12.4 Å². The molecule has 0 saturated carbocycles. The molecular formula is C18H16FN2O5S-. The van der Waals surface area contributed by atoms with Crippen molar-refractivity contribution in [3.8, 4) is 0 Å². The Kier molecular flexibility index (Phi) is 5.59. The fourth-order valence-electron chi connectivity index (χ4n) is 3.05. The Labute approximate surface area is 158 Å². The number of benzene rings is 1. The largest absolute Gasteiger partial charge is 0.548 e. The van der Waals surface area contributed by atoms with Gasteiger partial charge in [-0.05, 0) is 54.8 Å². The molecule has 0 radical (unpaired) electrons. The van der Waals surface area contributed by atoms with Gasteiger partial charge in [-0.25, -0.2) is 4.39 Å². The second-order valence-corrected chi connectivity index (χ2v) is 7.23. The van der Waals surface area contributed by atoms with E-state index in [4.69, 9.17) is 0 Å². The molecule has 2 heterocycles. The van der Waals surface area contributed by atoms with Crippen molar-refractivity contribution in [2.75, 3.05) is 13.1 Å². The minimum absolute atomic E-state index is 0.120. The van der Waals surface area contributed by atoms with Crippen molar-refractivity contribution in [2.45, 2.75) is 25.3 Å². The van der Waals surface area contributed by atoms with Crippen LogP contribution in [0.25, 0.3) is 6.08 Å². The number of carboxylic acids is 1. The molecule has 2 aliphatic heterocycles. The summed E-state index contributed by atoms with van der Waals surface area (Å²) < 4.78 is 13.0. The molecule has 0 N–H and O–H groups in total. The van der Waals surface area contributed by atoms with Gasteiger partial charge in [-0.3, -0.25) is 19.3 Å². The Morgan fingerprint density at radius 1 is 1.22 bits per heavy atom. The summed E-state index contributed by atoms with van der Waals surface area (Å²) >= 11 is 0.682. The van der Waals surface area contributed by atoms with E-state index in [-0.39, 0.29) is 11.4 Å². The summed E-state index contributed by atoms with van der Waals surface area (Å²) in [7, 11) is 0. The van der Waals surface area contributed by atoms with E-state index >= 15 is 0 Å². The Bertz CT molecular complexity index is 824. The summed E-state index contributed by atoms with van der Waals surface area (Å²) in [6.45, 7) is -0.270. The molecule has 7 nitrogen and oxygen atoms in total. The molecule has 9 heteroatoms. The summed E-state index contributed by atoms with van der Waals surface area (Å²) in [5.41, 5.74) is 0.543. The minimum atomic E-state index is -1.34. The van der Waals surface area contributed by atoms with E-state index in [1.807, 2.05) is 0 Å². The second-order valence-electron chi connectivity index (χ2n) is 6.24. The molecule has 0 unspecified atom stereocenters. The third-order valence-electron chi connectivity index (χ3n) is 4.43. The van der Waals surface area contributed by atoms with Crippen molar-refractivity contribution >= 4 is 40.9 Å². The van der Waals surface area contributed by atoms with E-state index in [2.05, 4.69) is 0 Å². The van der Waals surface area contributed by atoms with Crippen LogP contribution in [-0.4, -0.2) is 52.0 Å². The number of amides is 3. The second kappa shape index (κ2) is 7.91. The number of halogens is 1. The van der Waals surface area contributed by atoms with Gasteiger partial charge in [0.05, 0.1) is 16.9 Å². The molecule has 0 spiro atoms. The number of likely N-dealkylation sites (tertiary alicyclic amines) is 1. The van der Waals surface area contributed by atoms with Crippen LogP contribution >= 0.6 is 11.8 Å². The van der Waals surface area contributed by atoms with Gasteiger partial charge < -0.3 is 14.8 Å². The molecule has 2 saturated heterocycles. The molecule has 142 valence electrons. The topological polar surface area (TPSA) is 97.8 Å². The fraction of sp³-hybridized carbons (Fsp3) is 0.333. The van der Waals surface area contributed by atoms with Gasteiger partial charge in [0.2, 0.25) is 5.91 Å². The highest BCUT2D eigenvalue weighted by atomic mass is 32.2. The lowest BCUT2D eigenvalue weighted by atomic mass is 10.0. The number of piperidine rings is 1. The zero-order chi connectivity index (χ0) is 19.6. The first kappa shape index (κ1) is 19.1. The Morgan fingerprint density at radius 2 is 1.93 bits per heavy atom. The first-order valence-electron chi connectivity index (χ1n) is 8.38. The maximum Gasteiger partial charge on any atom is 0.294 e. The predicted octanol–water partition coefficient (Wildman–Crippen LogP) is 0.993. The highest BCUT2D eigenvalue weighted by molar-refractivity contribution is 8.18.